The smallest absolute Gasteiger partial charge is 0.143 e. The van der Waals surface area contributed by atoms with Crippen molar-refractivity contribution in [2.75, 3.05) is 60.5 Å². The van der Waals surface area contributed by atoms with Crippen LogP contribution in [-0.2, 0) is 35.9 Å². The first kappa shape index (κ1) is 38.7. The fourth-order valence-corrected chi connectivity index (χ4v) is 12.7. The number of hydrogen-bond acceptors (Lipinski definition) is 6. The van der Waals surface area contributed by atoms with Gasteiger partial charge in [0.15, 0.2) is 0 Å². The van der Waals surface area contributed by atoms with Crippen LogP contribution >= 0.6 is 23.2 Å². The zero-order chi connectivity index (χ0) is 42.0. The highest BCUT2D eigenvalue weighted by atomic mass is 35.5. The van der Waals surface area contributed by atoms with Gasteiger partial charge in [-0.05, 0) is 99.5 Å². The number of anilines is 3. The Kier molecular flexibility index (Phi) is 8.91. The van der Waals surface area contributed by atoms with E-state index in [0.29, 0.717) is 19.5 Å². The van der Waals surface area contributed by atoms with Crippen LogP contribution in [0.3, 0.4) is 0 Å². The van der Waals surface area contributed by atoms with Crippen LogP contribution in [0.2, 0.25) is 10.0 Å². The summed E-state index contributed by atoms with van der Waals surface area (Å²) in [5, 5.41) is 12.6. The van der Waals surface area contributed by atoms with Crippen LogP contribution in [0.4, 0.5) is 25.8 Å². The van der Waals surface area contributed by atoms with Crippen LogP contribution in [0, 0.1) is 18.6 Å². The molecular weight excluding hydrogens is 818 g/mol. The molecule has 0 amide bonds. The molecule has 6 aliphatic heterocycles. The van der Waals surface area contributed by atoms with Gasteiger partial charge in [-0.2, -0.15) is 0 Å². The van der Waals surface area contributed by atoms with Gasteiger partial charge in [0, 0.05) is 99.2 Å². The number of aryl methyl sites for hydroxylation is 1. The summed E-state index contributed by atoms with van der Waals surface area (Å²) in [4.78, 5) is 7.49. The van der Waals surface area contributed by atoms with E-state index >= 15 is 4.39 Å². The third-order valence-electron chi connectivity index (χ3n) is 15.3. The van der Waals surface area contributed by atoms with Crippen molar-refractivity contribution in [3.05, 3.63) is 193 Å². The van der Waals surface area contributed by atoms with Gasteiger partial charge in [-0.15, -0.1) is 0 Å². The molecule has 6 heterocycles. The Hall–Kier alpha value is -4.96. The lowest BCUT2D eigenvalue weighted by atomic mass is 9.80. The lowest BCUT2D eigenvalue weighted by molar-refractivity contribution is 0.297. The van der Waals surface area contributed by atoms with E-state index in [1.807, 2.05) is 19.1 Å². The molecule has 3 saturated heterocycles. The molecule has 0 aromatic heterocycles. The summed E-state index contributed by atoms with van der Waals surface area (Å²) in [6, 6.07) is 42.2. The Labute approximate surface area is 371 Å². The second-order valence-corrected chi connectivity index (χ2v) is 19.4. The summed E-state index contributed by atoms with van der Waals surface area (Å²) >= 11 is 13.1. The van der Waals surface area contributed by atoms with E-state index < -0.39 is 11.4 Å². The molecule has 5 atom stereocenters. The van der Waals surface area contributed by atoms with E-state index in [1.165, 1.54) is 44.6 Å². The number of hydrogen-bond donors (Lipinski definition) is 3. The minimum Gasteiger partial charge on any atom is -0.359 e. The van der Waals surface area contributed by atoms with E-state index in [-0.39, 0.29) is 34.0 Å². The van der Waals surface area contributed by atoms with Crippen molar-refractivity contribution in [2.24, 2.45) is 0 Å². The Morgan fingerprint density at radius 2 is 1.21 bits per heavy atom. The predicted octanol–water partition coefficient (Wildman–Crippen LogP) is 9.65. The van der Waals surface area contributed by atoms with Crippen LogP contribution in [-0.4, -0.2) is 45.8 Å². The fraction of sp³-hybridized carbons (Fsp3) is 0.308. The van der Waals surface area contributed by atoms with Crippen molar-refractivity contribution in [1.82, 2.24) is 16.0 Å². The molecule has 0 aliphatic carbocycles. The first-order valence-corrected chi connectivity index (χ1v) is 22.7. The molecule has 0 saturated carbocycles. The molecule has 6 aromatic carbocycles. The van der Waals surface area contributed by atoms with Gasteiger partial charge >= 0.3 is 0 Å². The average molecular weight is 866 g/mol. The number of rotatable bonds is 5. The van der Waals surface area contributed by atoms with Crippen molar-refractivity contribution in [1.29, 1.82) is 0 Å². The van der Waals surface area contributed by atoms with Gasteiger partial charge in [0.2, 0.25) is 0 Å². The van der Waals surface area contributed by atoms with Gasteiger partial charge in [0.25, 0.3) is 0 Å². The second kappa shape index (κ2) is 14.3. The molecule has 3 N–H and O–H groups in total. The molecule has 5 unspecified atom stereocenters. The Morgan fingerprint density at radius 1 is 0.581 bits per heavy atom. The van der Waals surface area contributed by atoms with Crippen molar-refractivity contribution in [2.45, 2.75) is 54.9 Å². The molecule has 6 aromatic rings. The quantitative estimate of drug-likeness (QED) is 0.161. The molecule has 0 radical (unpaired) electrons. The van der Waals surface area contributed by atoms with Gasteiger partial charge in [-0.3, -0.25) is 0 Å². The number of piperazine rings is 3. The van der Waals surface area contributed by atoms with E-state index in [9.17, 15) is 4.39 Å². The molecule has 0 bridgehead atoms. The minimum absolute atomic E-state index is 0.0184. The third-order valence-corrected chi connectivity index (χ3v) is 15.9. The summed E-state index contributed by atoms with van der Waals surface area (Å²) in [6.07, 6.45) is 2.42. The number of halogens is 4. The summed E-state index contributed by atoms with van der Waals surface area (Å²) in [5.41, 5.74) is 12.9. The molecule has 12 rings (SSSR count). The number of nitrogens with zero attached hydrogens (tertiary/aromatic N) is 3. The molecule has 6 nitrogen and oxygen atoms in total. The normalized spacial score (nSPS) is 27.0. The molecule has 314 valence electrons. The lowest BCUT2D eigenvalue weighted by Crippen LogP contribution is -2.59. The minimum atomic E-state index is -0.458. The highest BCUT2D eigenvalue weighted by molar-refractivity contribution is 6.31. The van der Waals surface area contributed by atoms with Crippen LogP contribution in [0.15, 0.2) is 121 Å². The van der Waals surface area contributed by atoms with Crippen LogP contribution in [0.25, 0.3) is 0 Å². The number of nitrogens with one attached hydrogen (secondary N) is 3. The maximum atomic E-state index is 15.5. The highest BCUT2D eigenvalue weighted by Crippen LogP contribution is 2.52. The zero-order valence-electron chi connectivity index (χ0n) is 34.6. The lowest BCUT2D eigenvalue weighted by Gasteiger charge is -2.49. The first-order chi connectivity index (χ1) is 30.1. The molecule has 6 aliphatic rings. The van der Waals surface area contributed by atoms with Gasteiger partial charge in [-0.25, -0.2) is 8.78 Å². The first-order valence-electron chi connectivity index (χ1n) is 22.0. The standard InChI is InChI=1S/C52H48Cl2F2N6/c1-32-17-41(55)22-49-42(32)26-52(29-57-15-16-60(49)52)39-12-6-8-34(19-39)46-28-62-48-23-44(56)43(54)21-36(48)25-51(62,31-59-46)38-11-5-7-33(18-38)45-27-61-47-14-13-40(53)20-35(47)24-50(61,30-58-45)37-9-3-2-4-10-37/h2-14,17-23,45-46,57-59H,15-16,24-31H2,1H3. The summed E-state index contributed by atoms with van der Waals surface area (Å²) in [6.45, 7) is 7.38. The second-order valence-electron chi connectivity index (χ2n) is 18.5. The summed E-state index contributed by atoms with van der Waals surface area (Å²) < 4.78 is 30.3. The number of benzene rings is 6. The van der Waals surface area contributed by atoms with Gasteiger partial charge < -0.3 is 30.7 Å². The molecule has 0 spiro atoms. The third kappa shape index (κ3) is 5.76. The van der Waals surface area contributed by atoms with E-state index in [4.69, 9.17) is 23.2 Å². The molecular formula is C52H48Cl2F2N6. The molecule has 3 fully saturated rings. The van der Waals surface area contributed by atoms with Crippen LogP contribution < -0.4 is 30.7 Å². The molecule has 10 heteroatoms. The Balaban J connectivity index is 0.881. The number of fused-ring (bicyclic) bond motifs is 9. The van der Waals surface area contributed by atoms with E-state index in [1.54, 1.807) is 18.2 Å². The average Bonchev–Trinajstić information content (AvgIpc) is 3.93. The van der Waals surface area contributed by atoms with Gasteiger partial charge in [-0.1, -0.05) is 102 Å². The Morgan fingerprint density at radius 3 is 1.92 bits per heavy atom. The summed E-state index contributed by atoms with van der Waals surface area (Å²) in [7, 11) is 0. The zero-order valence-corrected chi connectivity index (χ0v) is 36.1. The van der Waals surface area contributed by atoms with Crippen molar-refractivity contribution >= 4 is 40.3 Å². The fourth-order valence-electron chi connectivity index (χ4n) is 12.3. The molecule has 62 heavy (non-hydrogen) atoms. The van der Waals surface area contributed by atoms with Crippen molar-refractivity contribution < 1.29 is 8.78 Å². The van der Waals surface area contributed by atoms with Crippen molar-refractivity contribution in [3.8, 4) is 0 Å². The van der Waals surface area contributed by atoms with Crippen LogP contribution in [0.1, 0.15) is 62.2 Å². The predicted molar refractivity (Wildman–Crippen MR) is 246 cm³/mol. The topological polar surface area (TPSA) is 45.8 Å². The van der Waals surface area contributed by atoms with Gasteiger partial charge in [0.1, 0.15) is 11.6 Å². The van der Waals surface area contributed by atoms with Crippen LogP contribution in [0.5, 0.6) is 0 Å². The van der Waals surface area contributed by atoms with Gasteiger partial charge in [0.05, 0.1) is 21.6 Å². The van der Waals surface area contributed by atoms with E-state index in [2.05, 4.69) is 122 Å². The highest BCUT2D eigenvalue weighted by Gasteiger charge is 2.52. The largest absolute Gasteiger partial charge is 0.359 e. The maximum Gasteiger partial charge on any atom is 0.143 e. The summed E-state index contributed by atoms with van der Waals surface area (Å²) in [5.74, 6) is -0.583. The van der Waals surface area contributed by atoms with E-state index in [0.717, 1.165) is 73.1 Å². The Bertz CT molecular complexity index is 2780. The maximum absolute atomic E-state index is 15.5. The van der Waals surface area contributed by atoms with Crippen molar-refractivity contribution in [3.63, 3.8) is 0 Å². The SMILES string of the molecule is Cc1cc(F)cc2c1CC1(c3cccc(C4CN5c6cc(F)c(Cl)cc6CC5(c5cccc(C6CN7c8ccc(Cl)cc8CC7(c7ccccc7)CN6)c5)CN4)c3)CNCCN21. The monoisotopic (exact) mass is 864 g/mol.